The second-order valence-electron chi connectivity index (χ2n) is 11.5. The summed E-state index contributed by atoms with van der Waals surface area (Å²) in [5.41, 5.74) is 3.90. The number of carbonyl (C=O) groups is 2. The molecule has 2 aliphatic rings. The van der Waals surface area contributed by atoms with Gasteiger partial charge >= 0.3 is 0 Å². The molecule has 2 atom stereocenters. The fourth-order valence-electron chi connectivity index (χ4n) is 5.42. The number of amides is 2. The predicted octanol–water partition coefficient (Wildman–Crippen LogP) is 5.56. The SMILES string of the molecule is Cc1ccc([C@@H](C)N(CC=Cc2cnc3c(c2)C[C@@]2(C3)C(=O)Nc3ncccc32)C(=O)C(C)(C)C)cc1F. The van der Waals surface area contributed by atoms with Gasteiger partial charge in [-0.25, -0.2) is 9.37 Å². The van der Waals surface area contributed by atoms with Crippen molar-refractivity contribution in [2.24, 2.45) is 5.41 Å². The zero-order chi connectivity index (χ0) is 27.2. The molecule has 0 radical (unpaired) electrons. The number of halogens is 1. The minimum absolute atomic E-state index is 0.0100. The molecule has 0 saturated carbocycles. The highest BCUT2D eigenvalue weighted by Gasteiger charge is 2.51. The van der Waals surface area contributed by atoms with Crippen molar-refractivity contribution in [3.63, 3.8) is 0 Å². The second-order valence-corrected chi connectivity index (χ2v) is 11.5. The molecule has 1 aromatic carbocycles. The number of hydrogen-bond acceptors (Lipinski definition) is 4. The molecule has 1 aliphatic carbocycles. The normalized spacial score (nSPS) is 18.9. The summed E-state index contributed by atoms with van der Waals surface area (Å²) < 4.78 is 14.3. The molecule has 6 nitrogen and oxygen atoms in total. The Morgan fingerprint density at radius 1 is 1.21 bits per heavy atom. The van der Waals surface area contributed by atoms with Crippen LogP contribution in [-0.2, 0) is 27.8 Å². The molecule has 38 heavy (non-hydrogen) atoms. The molecule has 7 heteroatoms. The number of aromatic nitrogens is 2. The van der Waals surface area contributed by atoms with Crippen molar-refractivity contribution in [3.8, 4) is 0 Å². The number of aryl methyl sites for hydroxylation is 1. The molecule has 2 amide bonds. The van der Waals surface area contributed by atoms with Gasteiger partial charge in [-0.3, -0.25) is 14.6 Å². The Bertz CT molecular complexity index is 1460. The average Bonchev–Trinajstić information content (AvgIpc) is 3.39. The fourth-order valence-corrected chi connectivity index (χ4v) is 5.42. The number of hydrogen-bond donors (Lipinski definition) is 1. The van der Waals surface area contributed by atoms with Crippen LogP contribution in [0.2, 0.25) is 0 Å². The molecule has 0 bridgehead atoms. The van der Waals surface area contributed by atoms with E-state index in [0.29, 0.717) is 30.8 Å². The van der Waals surface area contributed by atoms with E-state index in [1.807, 2.05) is 58.0 Å². The van der Waals surface area contributed by atoms with E-state index in [2.05, 4.69) is 21.4 Å². The summed E-state index contributed by atoms with van der Waals surface area (Å²) in [5.74, 6) is 0.323. The lowest BCUT2D eigenvalue weighted by Gasteiger charge is -2.34. The molecular weight excluding hydrogens is 479 g/mol. The average molecular weight is 513 g/mol. The third-order valence-corrected chi connectivity index (χ3v) is 7.69. The van der Waals surface area contributed by atoms with Crippen LogP contribution in [0, 0.1) is 18.2 Å². The van der Waals surface area contributed by atoms with Gasteiger partial charge in [0.1, 0.15) is 11.6 Å². The first kappa shape index (κ1) is 25.8. The van der Waals surface area contributed by atoms with E-state index < -0.39 is 10.8 Å². The Morgan fingerprint density at radius 2 is 2.00 bits per heavy atom. The topological polar surface area (TPSA) is 75.2 Å². The van der Waals surface area contributed by atoms with Crippen LogP contribution >= 0.6 is 0 Å². The van der Waals surface area contributed by atoms with Crippen LogP contribution in [-0.4, -0.2) is 33.2 Å². The number of rotatable bonds is 5. The molecule has 0 fully saturated rings. The lowest BCUT2D eigenvalue weighted by molar-refractivity contribution is -0.141. The standard InChI is InChI=1S/C31H33FN4O2/c1-19-10-11-22(15-25(19)32)20(2)36(29(38)30(3,4)5)13-7-8-21-14-23-16-31(17-26(23)34-18-21)24-9-6-12-33-27(24)35-28(31)37/h6-12,14-15,18,20H,13,16-17H2,1-5H3,(H,33,35,37)/t20-,31+/m1/s1. The largest absolute Gasteiger partial charge is 0.332 e. The molecule has 1 spiro atoms. The van der Waals surface area contributed by atoms with Crippen LogP contribution in [0.1, 0.15) is 67.2 Å². The molecule has 2 aromatic heterocycles. The van der Waals surface area contributed by atoms with E-state index in [1.165, 1.54) is 6.07 Å². The van der Waals surface area contributed by atoms with Gasteiger partial charge in [-0.15, -0.1) is 0 Å². The highest BCUT2D eigenvalue weighted by atomic mass is 19.1. The van der Waals surface area contributed by atoms with Gasteiger partial charge in [0.2, 0.25) is 11.8 Å². The van der Waals surface area contributed by atoms with Crippen LogP contribution in [0.3, 0.4) is 0 Å². The molecule has 1 aliphatic heterocycles. The van der Waals surface area contributed by atoms with Crippen molar-refractivity contribution in [1.29, 1.82) is 0 Å². The van der Waals surface area contributed by atoms with E-state index in [-0.39, 0.29) is 23.7 Å². The van der Waals surface area contributed by atoms with Crippen molar-refractivity contribution in [2.45, 2.75) is 58.9 Å². The fraction of sp³-hybridized carbons (Fsp3) is 0.355. The molecule has 3 heterocycles. The minimum Gasteiger partial charge on any atom is -0.332 e. The van der Waals surface area contributed by atoms with Crippen molar-refractivity contribution in [2.75, 3.05) is 11.9 Å². The van der Waals surface area contributed by atoms with E-state index >= 15 is 0 Å². The lowest BCUT2D eigenvalue weighted by Crippen LogP contribution is -2.41. The van der Waals surface area contributed by atoms with Gasteiger partial charge in [0.25, 0.3) is 0 Å². The van der Waals surface area contributed by atoms with Crippen LogP contribution in [0.25, 0.3) is 6.08 Å². The number of nitrogens with one attached hydrogen (secondary N) is 1. The lowest BCUT2D eigenvalue weighted by atomic mass is 9.80. The Hall–Kier alpha value is -3.87. The van der Waals surface area contributed by atoms with Crippen LogP contribution in [0.15, 0.2) is 54.9 Å². The summed E-state index contributed by atoms with van der Waals surface area (Å²) >= 11 is 0. The van der Waals surface area contributed by atoms with Gasteiger partial charge in [0, 0.05) is 42.0 Å². The Kier molecular flexibility index (Phi) is 6.41. The zero-order valence-corrected chi connectivity index (χ0v) is 22.5. The Morgan fingerprint density at radius 3 is 2.74 bits per heavy atom. The van der Waals surface area contributed by atoms with Crippen LogP contribution < -0.4 is 5.32 Å². The highest BCUT2D eigenvalue weighted by Crippen LogP contribution is 2.46. The molecule has 5 rings (SSSR count). The first-order valence-electron chi connectivity index (χ1n) is 13.0. The highest BCUT2D eigenvalue weighted by molar-refractivity contribution is 6.06. The van der Waals surface area contributed by atoms with Gasteiger partial charge in [0.05, 0.1) is 11.5 Å². The quantitative estimate of drug-likeness (QED) is 0.486. The number of carbonyl (C=O) groups excluding carboxylic acids is 2. The molecule has 0 saturated heterocycles. The maximum absolute atomic E-state index is 14.3. The second kappa shape index (κ2) is 9.46. The number of benzene rings is 1. The maximum Gasteiger partial charge on any atom is 0.237 e. The third-order valence-electron chi connectivity index (χ3n) is 7.69. The molecule has 1 N–H and O–H groups in total. The van der Waals surface area contributed by atoms with E-state index in [9.17, 15) is 14.0 Å². The smallest absolute Gasteiger partial charge is 0.237 e. The van der Waals surface area contributed by atoms with Gasteiger partial charge < -0.3 is 10.2 Å². The first-order chi connectivity index (χ1) is 18.0. The summed E-state index contributed by atoms with van der Waals surface area (Å²) in [6.45, 7) is 9.70. The summed E-state index contributed by atoms with van der Waals surface area (Å²) in [7, 11) is 0. The summed E-state index contributed by atoms with van der Waals surface area (Å²) in [5, 5.41) is 2.93. The number of anilines is 1. The van der Waals surface area contributed by atoms with Crippen molar-refractivity contribution in [1.82, 2.24) is 14.9 Å². The Balaban J connectivity index is 1.36. The van der Waals surface area contributed by atoms with Crippen molar-refractivity contribution < 1.29 is 14.0 Å². The molecule has 3 aromatic rings. The van der Waals surface area contributed by atoms with Crippen molar-refractivity contribution >= 4 is 23.7 Å². The predicted molar refractivity (Wildman–Crippen MR) is 146 cm³/mol. The monoisotopic (exact) mass is 512 g/mol. The molecule has 0 unspecified atom stereocenters. The number of fused-ring (bicyclic) bond motifs is 3. The zero-order valence-electron chi connectivity index (χ0n) is 22.5. The summed E-state index contributed by atoms with van der Waals surface area (Å²) in [6.07, 6.45) is 8.51. The third kappa shape index (κ3) is 4.51. The van der Waals surface area contributed by atoms with Gasteiger partial charge in [0.15, 0.2) is 0 Å². The van der Waals surface area contributed by atoms with Crippen molar-refractivity contribution in [3.05, 3.63) is 94.2 Å². The molecular formula is C31H33FN4O2. The first-order valence-corrected chi connectivity index (χ1v) is 13.0. The number of nitrogens with zero attached hydrogens (tertiary/aromatic N) is 3. The summed E-state index contributed by atoms with van der Waals surface area (Å²) in [6, 6.07) is 10.7. The van der Waals surface area contributed by atoms with E-state index in [4.69, 9.17) is 0 Å². The maximum atomic E-state index is 14.3. The van der Waals surface area contributed by atoms with E-state index in [1.54, 1.807) is 30.3 Å². The Labute approximate surface area is 223 Å². The molecule has 196 valence electrons. The van der Waals surface area contributed by atoms with Gasteiger partial charge in [-0.05, 0) is 60.7 Å². The minimum atomic E-state index is -0.657. The van der Waals surface area contributed by atoms with Gasteiger partial charge in [-0.1, -0.05) is 51.1 Å². The van der Waals surface area contributed by atoms with E-state index in [0.717, 1.165) is 27.9 Å². The van der Waals surface area contributed by atoms with Crippen LogP contribution in [0.5, 0.6) is 0 Å². The van der Waals surface area contributed by atoms with Crippen LogP contribution in [0.4, 0.5) is 10.2 Å². The van der Waals surface area contributed by atoms with Gasteiger partial charge in [-0.2, -0.15) is 0 Å². The summed E-state index contributed by atoms with van der Waals surface area (Å²) in [4.78, 5) is 37.1. The number of pyridine rings is 2.